The Morgan fingerprint density at radius 1 is 0.950 bits per heavy atom. The third-order valence-corrected chi connectivity index (χ3v) is 3.17. The molecule has 1 heterocycles. The topological polar surface area (TPSA) is 37.3 Å². The van der Waals surface area contributed by atoms with Gasteiger partial charge in [0.1, 0.15) is 0 Å². The monoisotopic (exact) mass is 261 g/mol. The van der Waals surface area contributed by atoms with Crippen molar-refractivity contribution in [2.45, 2.75) is 6.92 Å². The van der Waals surface area contributed by atoms with Crippen LogP contribution in [0.15, 0.2) is 72.0 Å². The second kappa shape index (κ2) is 5.53. The van der Waals surface area contributed by atoms with Crippen LogP contribution < -0.4 is 5.43 Å². The zero-order valence-electron chi connectivity index (χ0n) is 11.2. The third-order valence-electron chi connectivity index (χ3n) is 3.17. The Labute approximate surface area is 118 Å². The largest absolute Gasteiger partial charge is 0.276 e. The Kier molecular flexibility index (Phi) is 3.42. The molecular weight excluding hydrogens is 246 g/mol. The number of pyridine rings is 1. The minimum absolute atomic E-state index is 0.915. The standard InChI is InChI=1S/C17H15N3/c1-13(14-7-3-2-4-8-14)19-20-16-11-5-9-15-10-6-12-18-17(15)16/h2-12,20H,1H3/b19-13+. The molecule has 0 aliphatic rings. The average Bonchev–Trinajstić information content (AvgIpc) is 2.53. The summed E-state index contributed by atoms with van der Waals surface area (Å²) < 4.78 is 0. The number of anilines is 1. The quantitative estimate of drug-likeness (QED) is 0.570. The third kappa shape index (κ3) is 2.52. The Morgan fingerprint density at radius 3 is 2.60 bits per heavy atom. The van der Waals surface area contributed by atoms with E-state index in [-0.39, 0.29) is 0 Å². The van der Waals surface area contributed by atoms with Crippen LogP contribution >= 0.6 is 0 Å². The zero-order valence-corrected chi connectivity index (χ0v) is 11.2. The number of nitrogens with zero attached hydrogens (tertiary/aromatic N) is 2. The van der Waals surface area contributed by atoms with Crippen LogP contribution in [0.2, 0.25) is 0 Å². The minimum atomic E-state index is 0.915. The summed E-state index contributed by atoms with van der Waals surface area (Å²) in [6.45, 7) is 1.99. The molecule has 3 heteroatoms. The van der Waals surface area contributed by atoms with Crippen molar-refractivity contribution in [3.8, 4) is 0 Å². The van der Waals surface area contributed by atoms with Crippen molar-refractivity contribution < 1.29 is 0 Å². The van der Waals surface area contributed by atoms with Gasteiger partial charge in [-0.05, 0) is 24.6 Å². The number of para-hydroxylation sites is 1. The lowest BCUT2D eigenvalue weighted by molar-refractivity contribution is 1.31. The molecule has 0 atom stereocenters. The van der Waals surface area contributed by atoms with E-state index in [4.69, 9.17) is 0 Å². The van der Waals surface area contributed by atoms with E-state index in [0.717, 1.165) is 27.9 Å². The van der Waals surface area contributed by atoms with Crippen LogP contribution in [0.3, 0.4) is 0 Å². The van der Waals surface area contributed by atoms with Gasteiger partial charge in [0.15, 0.2) is 0 Å². The molecule has 1 aromatic heterocycles. The lowest BCUT2D eigenvalue weighted by atomic mass is 10.1. The molecule has 2 aromatic carbocycles. The fourth-order valence-corrected chi connectivity index (χ4v) is 2.08. The molecule has 0 amide bonds. The van der Waals surface area contributed by atoms with Crippen molar-refractivity contribution in [3.63, 3.8) is 0 Å². The van der Waals surface area contributed by atoms with Crippen LogP contribution in [-0.2, 0) is 0 Å². The molecule has 0 spiro atoms. The van der Waals surface area contributed by atoms with E-state index in [1.165, 1.54) is 0 Å². The van der Waals surface area contributed by atoms with Gasteiger partial charge < -0.3 is 0 Å². The van der Waals surface area contributed by atoms with Gasteiger partial charge in [0.05, 0.1) is 16.9 Å². The average molecular weight is 261 g/mol. The van der Waals surface area contributed by atoms with E-state index < -0.39 is 0 Å². The number of hydrogen-bond acceptors (Lipinski definition) is 3. The van der Waals surface area contributed by atoms with Gasteiger partial charge in [0.25, 0.3) is 0 Å². The maximum atomic E-state index is 4.44. The smallest absolute Gasteiger partial charge is 0.0951 e. The zero-order chi connectivity index (χ0) is 13.8. The summed E-state index contributed by atoms with van der Waals surface area (Å²) in [5.41, 5.74) is 7.00. The maximum Gasteiger partial charge on any atom is 0.0951 e. The predicted octanol–water partition coefficient (Wildman–Crippen LogP) is 4.07. The molecule has 0 aliphatic carbocycles. The molecule has 1 N–H and O–H groups in total. The summed E-state index contributed by atoms with van der Waals surface area (Å²) in [7, 11) is 0. The van der Waals surface area contributed by atoms with Gasteiger partial charge in [-0.25, -0.2) is 0 Å². The molecule has 3 rings (SSSR count). The number of fused-ring (bicyclic) bond motifs is 1. The first-order valence-corrected chi connectivity index (χ1v) is 6.54. The van der Waals surface area contributed by atoms with Gasteiger partial charge in [0.2, 0.25) is 0 Å². The summed E-state index contributed by atoms with van der Waals surface area (Å²) in [6.07, 6.45) is 1.79. The summed E-state index contributed by atoms with van der Waals surface area (Å²) in [5, 5.41) is 5.54. The Bertz CT molecular complexity index is 743. The first-order valence-electron chi connectivity index (χ1n) is 6.54. The number of aromatic nitrogens is 1. The number of benzene rings is 2. The highest BCUT2D eigenvalue weighted by atomic mass is 15.3. The summed E-state index contributed by atoms with van der Waals surface area (Å²) in [6, 6.07) is 20.1. The van der Waals surface area contributed by atoms with Crippen molar-refractivity contribution in [1.82, 2.24) is 4.98 Å². The fraction of sp³-hybridized carbons (Fsp3) is 0.0588. The van der Waals surface area contributed by atoms with Crippen LogP contribution in [-0.4, -0.2) is 10.7 Å². The van der Waals surface area contributed by atoms with Crippen LogP contribution in [0.5, 0.6) is 0 Å². The predicted molar refractivity (Wildman–Crippen MR) is 84.0 cm³/mol. The second-order valence-electron chi connectivity index (χ2n) is 4.56. The van der Waals surface area contributed by atoms with Crippen LogP contribution in [0.25, 0.3) is 10.9 Å². The molecule has 0 unspecified atom stereocenters. The SMILES string of the molecule is C/C(=N\Nc1cccc2cccnc12)c1ccccc1. The molecule has 0 aliphatic heterocycles. The van der Waals surface area contributed by atoms with Crippen molar-refractivity contribution in [2.24, 2.45) is 5.10 Å². The van der Waals surface area contributed by atoms with Crippen molar-refractivity contribution >= 4 is 22.3 Å². The van der Waals surface area contributed by atoms with Gasteiger partial charge in [-0.2, -0.15) is 5.10 Å². The summed E-state index contributed by atoms with van der Waals surface area (Å²) >= 11 is 0. The van der Waals surface area contributed by atoms with Crippen molar-refractivity contribution in [3.05, 3.63) is 72.4 Å². The Balaban J connectivity index is 1.91. The first-order chi connectivity index (χ1) is 9.84. The Hall–Kier alpha value is -2.68. The van der Waals surface area contributed by atoms with E-state index in [2.05, 4.69) is 15.5 Å². The molecule has 3 aromatic rings. The highest BCUT2D eigenvalue weighted by molar-refractivity contribution is 5.99. The van der Waals surface area contributed by atoms with E-state index in [1.54, 1.807) is 6.20 Å². The van der Waals surface area contributed by atoms with Crippen molar-refractivity contribution in [1.29, 1.82) is 0 Å². The molecular formula is C17H15N3. The number of hydrogen-bond donors (Lipinski definition) is 1. The molecule has 3 nitrogen and oxygen atoms in total. The molecule has 20 heavy (non-hydrogen) atoms. The summed E-state index contributed by atoms with van der Waals surface area (Å²) in [5.74, 6) is 0. The lowest BCUT2D eigenvalue weighted by Crippen LogP contribution is -2.00. The van der Waals surface area contributed by atoms with E-state index >= 15 is 0 Å². The van der Waals surface area contributed by atoms with E-state index in [9.17, 15) is 0 Å². The van der Waals surface area contributed by atoms with E-state index in [1.807, 2.05) is 67.6 Å². The van der Waals surface area contributed by atoms with E-state index in [0.29, 0.717) is 0 Å². The highest BCUT2D eigenvalue weighted by Gasteiger charge is 2.01. The maximum absolute atomic E-state index is 4.44. The van der Waals surface area contributed by atoms with Crippen molar-refractivity contribution in [2.75, 3.05) is 5.43 Å². The molecule has 0 radical (unpaired) electrons. The highest BCUT2D eigenvalue weighted by Crippen LogP contribution is 2.20. The molecule has 98 valence electrons. The normalized spacial score (nSPS) is 11.6. The van der Waals surface area contributed by atoms with Gasteiger partial charge in [-0.3, -0.25) is 10.4 Å². The minimum Gasteiger partial charge on any atom is -0.276 e. The van der Waals surface area contributed by atoms with Gasteiger partial charge in [-0.15, -0.1) is 0 Å². The first kappa shape index (κ1) is 12.4. The molecule has 0 fully saturated rings. The van der Waals surface area contributed by atoms with Crippen LogP contribution in [0, 0.1) is 0 Å². The van der Waals surface area contributed by atoms with Gasteiger partial charge >= 0.3 is 0 Å². The molecule has 0 bridgehead atoms. The van der Waals surface area contributed by atoms with Gasteiger partial charge in [0, 0.05) is 11.6 Å². The molecule has 0 saturated heterocycles. The number of nitrogens with one attached hydrogen (secondary N) is 1. The summed E-state index contributed by atoms with van der Waals surface area (Å²) in [4.78, 5) is 4.40. The second-order valence-corrected chi connectivity index (χ2v) is 4.56. The lowest BCUT2D eigenvalue weighted by Gasteiger charge is -2.06. The van der Waals surface area contributed by atoms with Crippen LogP contribution in [0.4, 0.5) is 5.69 Å². The van der Waals surface area contributed by atoms with Crippen LogP contribution in [0.1, 0.15) is 12.5 Å². The fourth-order valence-electron chi connectivity index (χ4n) is 2.08. The van der Waals surface area contributed by atoms with Gasteiger partial charge in [-0.1, -0.05) is 48.5 Å². The Morgan fingerprint density at radius 2 is 1.75 bits per heavy atom. The number of hydrazone groups is 1. The number of rotatable bonds is 3. The molecule has 0 saturated carbocycles.